The molecule has 34 heavy (non-hydrogen) atoms. The van der Waals surface area contributed by atoms with Crippen LogP contribution in [0.15, 0.2) is 82.8 Å². The fraction of sp³-hybridized carbons (Fsp3) is 0.280. The average molecular weight is 498 g/mol. The third-order valence-corrected chi connectivity index (χ3v) is 8.67. The van der Waals surface area contributed by atoms with Gasteiger partial charge in [0.15, 0.2) is 0 Å². The summed E-state index contributed by atoms with van der Waals surface area (Å²) in [6.07, 6.45) is 4.19. The Morgan fingerprint density at radius 2 is 1.79 bits per heavy atom. The number of ether oxygens (including phenoxy) is 1. The van der Waals surface area contributed by atoms with Gasteiger partial charge in [0, 0.05) is 31.0 Å². The van der Waals surface area contributed by atoms with Gasteiger partial charge in [-0.3, -0.25) is 4.79 Å². The monoisotopic (exact) mass is 497 g/mol. The van der Waals surface area contributed by atoms with E-state index in [0.717, 1.165) is 24.8 Å². The summed E-state index contributed by atoms with van der Waals surface area (Å²) >= 11 is 1.27. The summed E-state index contributed by atoms with van der Waals surface area (Å²) in [7, 11) is -1.98. The lowest BCUT2D eigenvalue weighted by Gasteiger charge is -2.25. The third kappa shape index (κ3) is 5.78. The van der Waals surface area contributed by atoms with Crippen LogP contribution in [0.5, 0.6) is 5.75 Å². The highest BCUT2D eigenvalue weighted by molar-refractivity contribution is 8.00. The topological polar surface area (TPSA) is 88.6 Å². The van der Waals surface area contributed by atoms with Gasteiger partial charge in [0.2, 0.25) is 15.9 Å². The molecule has 0 aliphatic carbocycles. The van der Waals surface area contributed by atoms with Crippen LogP contribution in [0.3, 0.4) is 0 Å². The first kappa shape index (κ1) is 24.3. The highest BCUT2D eigenvalue weighted by atomic mass is 32.2. The molecule has 4 rings (SSSR count). The van der Waals surface area contributed by atoms with Crippen molar-refractivity contribution >= 4 is 33.4 Å². The molecular formula is C25H27N3O4S2. The molecule has 1 aliphatic heterocycles. The van der Waals surface area contributed by atoms with Crippen molar-refractivity contribution in [3.05, 3.63) is 78.5 Å². The van der Waals surface area contributed by atoms with E-state index in [1.807, 2.05) is 42.5 Å². The van der Waals surface area contributed by atoms with Crippen molar-refractivity contribution in [3.63, 3.8) is 0 Å². The summed E-state index contributed by atoms with van der Waals surface area (Å²) < 4.78 is 32.6. The van der Waals surface area contributed by atoms with E-state index in [1.165, 1.54) is 22.3 Å². The molecule has 0 saturated carbocycles. The lowest BCUT2D eigenvalue weighted by molar-refractivity contribution is -0.115. The zero-order valence-corrected chi connectivity index (χ0v) is 20.5. The molecule has 1 aliphatic rings. The van der Waals surface area contributed by atoms with E-state index >= 15 is 0 Å². The van der Waals surface area contributed by atoms with Crippen molar-refractivity contribution in [2.45, 2.75) is 34.4 Å². The second kappa shape index (κ2) is 11.0. The first-order valence-corrected chi connectivity index (χ1v) is 13.4. The number of hydrogen-bond acceptors (Lipinski definition) is 6. The summed E-state index contributed by atoms with van der Waals surface area (Å²) in [6, 6.07) is 19.8. The molecule has 0 bridgehead atoms. The molecule has 1 aromatic heterocycles. The number of carbonyl (C=O) groups excluding carboxylic acids is 1. The fourth-order valence-electron chi connectivity index (χ4n) is 3.77. The summed E-state index contributed by atoms with van der Waals surface area (Å²) in [5, 5.41) is 2.93. The molecular weight excluding hydrogens is 470 g/mol. The number of nitrogens with zero attached hydrogens (tertiary/aromatic N) is 2. The van der Waals surface area contributed by atoms with Gasteiger partial charge in [-0.25, -0.2) is 13.4 Å². The number of anilines is 1. The largest absolute Gasteiger partial charge is 0.497 e. The number of thioether (sulfide) groups is 1. The van der Waals surface area contributed by atoms with E-state index in [9.17, 15) is 13.2 Å². The number of carbonyl (C=O) groups is 1. The van der Waals surface area contributed by atoms with Gasteiger partial charge in [0.05, 0.1) is 12.1 Å². The molecule has 1 atom stereocenters. The Labute approximate surface area is 204 Å². The predicted molar refractivity (Wildman–Crippen MR) is 134 cm³/mol. The number of aromatic nitrogens is 1. The number of piperidine rings is 1. The lowest BCUT2D eigenvalue weighted by Crippen LogP contribution is -2.35. The molecule has 0 spiro atoms. The van der Waals surface area contributed by atoms with Crippen LogP contribution in [0.1, 0.15) is 30.1 Å². The number of pyridine rings is 1. The summed E-state index contributed by atoms with van der Waals surface area (Å²) in [4.78, 5) is 17.8. The van der Waals surface area contributed by atoms with Gasteiger partial charge < -0.3 is 10.1 Å². The fourth-order valence-corrected chi connectivity index (χ4v) is 6.20. The number of benzene rings is 2. The molecule has 7 nitrogen and oxygen atoms in total. The van der Waals surface area contributed by atoms with Crippen molar-refractivity contribution < 1.29 is 17.9 Å². The van der Waals surface area contributed by atoms with Crippen molar-refractivity contribution in [3.8, 4) is 5.75 Å². The third-order valence-electron chi connectivity index (χ3n) is 5.58. The number of hydrogen-bond donors (Lipinski definition) is 1. The van der Waals surface area contributed by atoms with E-state index < -0.39 is 15.3 Å². The minimum Gasteiger partial charge on any atom is -0.497 e. The van der Waals surface area contributed by atoms with E-state index in [0.29, 0.717) is 29.6 Å². The van der Waals surface area contributed by atoms with Gasteiger partial charge in [0.1, 0.15) is 15.9 Å². The summed E-state index contributed by atoms with van der Waals surface area (Å²) in [5.74, 6) is 0.435. The molecule has 1 amide bonds. The first-order chi connectivity index (χ1) is 16.5. The second-order valence-electron chi connectivity index (χ2n) is 7.93. The number of amides is 1. The van der Waals surface area contributed by atoms with Crippen molar-refractivity contribution in [1.82, 2.24) is 9.29 Å². The number of nitrogens with one attached hydrogen (secondary N) is 1. The first-order valence-electron chi connectivity index (χ1n) is 11.1. The van der Waals surface area contributed by atoms with Crippen LogP contribution in [0.4, 0.5) is 5.69 Å². The van der Waals surface area contributed by atoms with Crippen LogP contribution in [-0.2, 0) is 14.8 Å². The minimum absolute atomic E-state index is 0.177. The second-order valence-corrected chi connectivity index (χ2v) is 11.0. The smallest absolute Gasteiger partial charge is 0.244 e. The Kier molecular flexibility index (Phi) is 7.87. The van der Waals surface area contributed by atoms with Gasteiger partial charge >= 0.3 is 0 Å². The van der Waals surface area contributed by atoms with Gasteiger partial charge in [-0.1, -0.05) is 54.6 Å². The normalized spacial score (nSPS) is 15.4. The molecule has 1 N–H and O–H groups in total. The zero-order valence-electron chi connectivity index (χ0n) is 18.9. The Bertz CT molecular complexity index is 1210. The molecule has 1 fully saturated rings. The maximum Gasteiger partial charge on any atom is 0.244 e. The Morgan fingerprint density at radius 1 is 1.03 bits per heavy atom. The molecule has 0 unspecified atom stereocenters. The van der Waals surface area contributed by atoms with E-state index in [4.69, 9.17) is 4.74 Å². The van der Waals surface area contributed by atoms with Gasteiger partial charge in [-0.15, -0.1) is 0 Å². The van der Waals surface area contributed by atoms with Crippen molar-refractivity contribution in [2.24, 2.45) is 0 Å². The van der Waals surface area contributed by atoms with Gasteiger partial charge in [-0.05, 0) is 42.7 Å². The molecule has 3 aromatic rings. The Morgan fingerprint density at radius 3 is 2.47 bits per heavy atom. The quantitative estimate of drug-likeness (QED) is 0.453. The van der Waals surface area contributed by atoms with E-state index in [2.05, 4.69) is 10.3 Å². The average Bonchev–Trinajstić information content (AvgIpc) is 2.88. The maximum absolute atomic E-state index is 13.2. The van der Waals surface area contributed by atoms with Crippen LogP contribution in [0.25, 0.3) is 0 Å². The van der Waals surface area contributed by atoms with Crippen LogP contribution in [0.2, 0.25) is 0 Å². The molecule has 2 aromatic carbocycles. The summed E-state index contributed by atoms with van der Waals surface area (Å²) in [6.45, 7) is 1.08. The van der Waals surface area contributed by atoms with Crippen molar-refractivity contribution in [1.29, 1.82) is 0 Å². The highest BCUT2D eigenvalue weighted by Crippen LogP contribution is 2.36. The van der Waals surface area contributed by atoms with Crippen LogP contribution >= 0.6 is 11.8 Å². The Hall–Kier alpha value is -2.88. The molecule has 178 valence electrons. The van der Waals surface area contributed by atoms with Crippen LogP contribution < -0.4 is 10.1 Å². The maximum atomic E-state index is 13.2. The lowest BCUT2D eigenvalue weighted by atomic mass is 10.1. The van der Waals surface area contributed by atoms with Gasteiger partial charge in [0.25, 0.3) is 0 Å². The van der Waals surface area contributed by atoms with Crippen molar-refractivity contribution in [2.75, 3.05) is 25.5 Å². The minimum atomic E-state index is -3.55. The number of sulfonamides is 1. The predicted octanol–water partition coefficient (Wildman–Crippen LogP) is 4.74. The number of methoxy groups -OCH3 is 1. The molecule has 0 radical (unpaired) electrons. The van der Waals surface area contributed by atoms with Crippen LogP contribution in [0, 0.1) is 0 Å². The molecule has 9 heteroatoms. The SMILES string of the molecule is COc1cccc(NC(=O)[C@H](Sc2ccc(S(=O)(=O)N3CCCCC3)cn2)c2ccccc2)c1. The highest BCUT2D eigenvalue weighted by Gasteiger charge is 2.27. The molecule has 1 saturated heterocycles. The standard InChI is InChI=1S/C25H27N3O4S2/c1-32-21-12-8-11-20(17-21)27-25(29)24(19-9-4-2-5-10-19)33-23-14-13-22(18-26-23)34(30,31)28-15-6-3-7-16-28/h2,4-5,8-14,17-18,24H,3,6-7,15-16H2,1H3,(H,27,29)/t24-/m1/s1. The van der Waals surface area contributed by atoms with E-state index in [-0.39, 0.29) is 10.8 Å². The Balaban J connectivity index is 1.54. The van der Waals surface area contributed by atoms with E-state index in [1.54, 1.807) is 31.4 Å². The molecule has 2 heterocycles. The zero-order chi connectivity index (χ0) is 24.0. The summed E-state index contributed by atoms with van der Waals surface area (Å²) in [5.41, 5.74) is 1.45. The van der Waals surface area contributed by atoms with Gasteiger partial charge in [-0.2, -0.15) is 4.31 Å². The number of rotatable bonds is 8. The van der Waals surface area contributed by atoms with Crippen LogP contribution in [-0.4, -0.2) is 43.8 Å².